The number of para-hydroxylation sites is 1. The van der Waals surface area contributed by atoms with Gasteiger partial charge in [-0.2, -0.15) is 4.31 Å². The molecule has 0 aromatic heterocycles. The van der Waals surface area contributed by atoms with Gasteiger partial charge in [0, 0.05) is 19.2 Å². The Hall–Kier alpha value is -1.47. The molecule has 1 aromatic carbocycles. The second-order valence-corrected chi connectivity index (χ2v) is 6.74. The highest BCUT2D eigenvalue weighted by Crippen LogP contribution is 2.26. The van der Waals surface area contributed by atoms with E-state index in [9.17, 15) is 18.5 Å². The molecule has 0 heterocycles. The maximum absolute atomic E-state index is 12.7. The zero-order valence-electron chi connectivity index (χ0n) is 12.5. The minimum Gasteiger partial charge on any atom is -0.258 e. The van der Waals surface area contributed by atoms with Gasteiger partial charge in [-0.1, -0.05) is 38.8 Å². The molecular formula is C14H22N2O4S. The van der Waals surface area contributed by atoms with E-state index in [4.69, 9.17) is 0 Å². The molecule has 0 fully saturated rings. The third-order valence-electron chi connectivity index (χ3n) is 3.20. The zero-order valence-corrected chi connectivity index (χ0v) is 13.3. The smallest absolute Gasteiger partial charge is 0.258 e. The molecule has 7 heteroatoms. The van der Waals surface area contributed by atoms with Crippen LogP contribution in [0, 0.1) is 10.1 Å². The Morgan fingerprint density at radius 2 is 1.62 bits per heavy atom. The van der Waals surface area contributed by atoms with Crippen LogP contribution < -0.4 is 0 Å². The fraction of sp³-hybridized carbons (Fsp3) is 0.571. The van der Waals surface area contributed by atoms with Crippen molar-refractivity contribution in [2.75, 3.05) is 13.1 Å². The van der Waals surface area contributed by atoms with E-state index in [0.717, 1.165) is 25.7 Å². The standard InChI is InChI=1S/C14H22N2O4S/c1-3-5-11-15(12-6-4-2)21(19,20)14-10-8-7-9-13(14)16(17)18/h7-10H,3-6,11-12H2,1-2H3. The van der Waals surface area contributed by atoms with E-state index in [1.54, 1.807) is 0 Å². The summed E-state index contributed by atoms with van der Waals surface area (Å²) < 4.78 is 26.7. The lowest BCUT2D eigenvalue weighted by Gasteiger charge is -2.21. The Morgan fingerprint density at radius 3 is 2.10 bits per heavy atom. The summed E-state index contributed by atoms with van der Waals surface area (Å²) in [5, 5.41) is 11.0. The first kappa shape index (κ1) is 17.6. The van der Waals surface area contributed by atoms with Crippen LogP contribution in [-0.4, -0.2) is 30.7 Å². The quantitative estimate of drug-likeness (QED) is 0.518. The van der Waals surface area contributed by atoms with Gasteiger partial charge in [-0.15, -0.1) is 0 Å². The lowest BCUT2D eigenvalue weighted by Crippen LogP contribution is -2.33. The van der Waals surface area contributed by atoms with Gasteiger partial charge in [-0.25, -0.2) is 8.42 Å². The van der Waals surface area contributed by atoms with Crippen LogP contribution in [0.15, 0.2) is 29.2 Å². The summed E-state index contributed by atoms with van der Waals surface area (Å²) in [6.45, 7) is 4.75. The molecular weight excluding hydrogens is 292 g/mol. The molecule has 1 aromatic rings. The normalized spacial score (nSPS) is 11.8. The van der Waals surface area contributed by atoms with Crippen LogP contribution in [-0.2, 0) is 10.0 Å². The van der Waals surface area contributed by atoms with Crippen molar-refractivity contribution in [2.45, 2.75) is 44.4 Å². The largest absolute Gasteiger partial charge is 0.289 e. The van der Waals surface area contributed by atoms with Crippen molar-refractivity contribution < 1.29 is 13.3 Å². The van der Waals surface area contributed by atoms with Crippen LogP contribution in [0.3, 0.4) is 0 Å². The van der Waals surface area contributed by atoms with Crippen molar-refractivity contribution in [3.8, 4) is 0 Å². The molecule has 21 heavy (non-hydrogen) atoms. The lowest BCUT2D eigenvalue weighted by atomic mass is 10.3. The van der Waals surface area contributed by atoms with Gasteiger partial charge in [0.15, 0.2) is 4.90 Å². The van der Waals surface area contributed by atoms with Crippen molar-refractivity contribution >= 4 is 15.7 Å². The van der Waals surface area contributed by atoms with Crippen LogP contribution in [0.25, 0.3) is 0 Å². The molecule has 0 atom stereocenters. The molecule has 118 valence electrons. The highest BCUT2D eigenvalue weighted by molar-refractivity contribution is 7.89. The van der Waals surface area contributed by atoms with Gasteiger partial charge in [0.05, 0.1) is 4.92 Å². The monoisotopic (exact) mass is 314 g/mol. The van der Waals surface area contributed by atoms with Crippen molar-refractivity contribution in [3.05, 3.63) is 34.4 Å². The molecule has 0 aliphatic heterocycles. The van der Waals surface area contributed by atoms with Crippen molar-refractivity contribution in [3.63, 3.8) is 0 Å². The van der Waals surface area contributed by atoms with E-state index >= 15 is 0 Å². The molecule has 0 N–H and O–H groups in total. The van der Waals surface area contributed by atoms with Gasteiger partial charge in [0.2, 0.25) is 10.0 Å². The Morgan fingerprint density at radius 1 is 1.10 bits per heavy atom. The molecule has 0 radical (unpaired) electrons. The zero-order chi connectivity index (χ0) is 15.9. The predicted octanol–water partition coefficient (Wildman–Crippen LogP) is 3.19. The molecule has 0 saturated carbocycles. The number of hydrogen-bond donors (Lipinski definition) is 0. The maximum atomic E-state index is 12.7. The summed E-state index contributed by atoms with van der Waals surface area (Å²) in [5.41, 5.74) is -0.365. The van der Waals surface area contributed by atoms with Crippen LogP contribution in [0.5, 0.6) is 0 Å². The van der Waals surface area contributed by atoms with Crippen LogP contribution in [0.2, 0.25) is 0 Å². The highest BCUT2D eigenvalue weighted by Gasteiger charge is 2.30. The second kappa shape index (κ2) is 8.09. The fourth-order valence-electron chi connectivity index (χ4n) is 1.99. The van der Waals surface area contributed by atoms with Gasteiger partial charge in [0.25, 0.3) is 5.69 Å². The van der Waals surface area contributed by atoms with Crippen molar-refractivity contribution in [2.24, 2.45) is 0 Å². The Labute approximate surface area is 126 Å². The van der Waals surface area contributed by atoms with E-state index in [1.807, 2.05) is 13.8 Å². The summed E-state index contributed by atoms with van der Waals surface area (Å²) in [6.07, 6.45) is 3.22. The molecule has 6 nitrogen and oxygen atoms in total. The average Bonchev–Trinajstić information content (AvgIpc) is 2.47. The first-order valence-electron chi connectivity index (χ1n) is 7.18. The molecule has 0 aliphatic rings. The third-order valence-corrected chi connectivity index (χ3v) is 5.15. The molecule has 0 aliphatic carbocycles. The number of benzene rings is 1. The Kier molecular flexibility index (Phi) is 6.77. The summed E-state index contributed by atoms with van der Waals surface area (Å²) >= 11 is 0. The van der Waals surface area contributed by atoms with E-state index < -0.39 is 14.9 Å². The number of sulfonamides is 1. The highest BCUT2D eigenvalue weighted by atomic mass is 32.2. The minimum atomic E-state index is -3.83. The van der Waals surface area contributed by atoms with E-state index in [1.165, 1.54) is 28.6 Å². The van der Waals surface area contributed by atoms with Crippen LogP contribution >= 0.6 is 0 Å². The fourth-order valence-corrected chi connectivity index (χ4v) is 3.66. The maximum Gasteiger partial charge on any atom is 0.289 e. The first-order chi connectivity index (χ1) is 9.95. The number of nitro benzene ring substituents is 1. The van der Waals surface area contributed by atoms with Crippen LogP contribution in [0.1, 0.15) is 39.5 Å². The van der Waals surface area contributed by atoms with E-state index in [-0.39, 0.29) is 10.6 Å². The van der Waals surface area contributed by atoms with Crippen LogP contribution in [0.4, 0.5) is 5.69 Å². The van der Waals surface area contributed by atoms with E-state index in [2.05, 4.69) is 0 Å². The van der Waals surface area contributed by atoms with Gasteiger partial charge >= 0.3 is 0 Å². The summed E-state index contributed by atoms with van der Waals surface area (Å²) in [5.74, 6) is 0. The topological polar surface area (TPSA) is 80.5 Å². The SMILES string of the molecule is CCCCN(CCCC)S(=O)(=O)c1ccccc1[N+](=O)[O-]. The number of rotatable bonds is 9. The summed E-state index contributed by atoms with van der Waals surface area (Å²) in [6, 6.07) is 5.51. The van der Waals surface area contributed by atoms with Gasteiger partial charge in [-0.05, 0) is 18.9 Å². The van der Waals surface area contributed by atoms with E-state index in [0.29, 0.717) is 13.1 Å². The molecule has 0 saturated heterocycles. The Bertz CT molecular complexity index is 564. The molecule has 0 unspecified atom stereocenters. The molecule has 0 bridgehead atoms. The van der Waals surface area contributed by atoms with Gasteiger partial charge in [0.1, 0.15) is 0 Å². The number of nitrogens with zero attached hydrogens (tertiary/aromatic N) is 2. The Balaban J connectivity index is 3.18. The summed E-state index contributed by atoms with van der Waals surface area (Å²) in [4.78, 5) is 10.2. The number of nitro groups is 1. The van der Waals surface area contributed by atoms with Crippen molar-refractivity contribution in [1.82, 2.24) is 4.31 Å². The molecule has 0 spiro atoms. The first-order valence-corrected chi connectivity index (χ1v) is 8.62. The lowest BCUT2D eigenvalue weighted by molar-refractivity contribution is -0.387. The third kappa shape index (κ3) is 4.50. The van der Waals surface area contributed by atoms with Gasteiger partial charge < -0.3 is 0 Å². The van der Waals surface area contributed by atoms with Crippen molar-refractivity contribution in [1.29, 1.82) is 0 Å². The van der Waals surface area contributed by atoms with Gasteiger partial charge in [-0.3, -0.25) is 10.1 Å². The second-order valence-electron chi connectivity index (χ2n) is 4.84. The summed E-state index contributed by atoms with van der Waals surface area (Å²) in [7, 11) is -3.83. The number of unbranched alkanes of at least 4 members (excludes halogenated alkanes) is 2. The minimum absolute atomic E-state index is 0.220. The number of hydrogen-bond acceptors (Lipinski definition) is 4. The average molecular weight is 314 g/mol. The molecule has 0 amide bonds. The molecule has 1 rings (SSSR count). The predicted molar refractivity (Wildman–Crippen MR) is 81.7 cm³/mol.